The molecule has 2 fully saturated rings. The highest BCUT2D eigenvalue weighted by Crippen LogP contribution is 2.23. The summed E-state index contributed by atoms with van der Waals surface area (Å²) in [4.78, 5) is 29.4. The number of rotatable bonds is 7. The van der Waals surface area contributed by atoms with E-state index < -0.39 is 0 Å². The SMILES string of the molecule is O=C(NC(CN1CCCC1=O)c1ccccc1)C1CCCN(Cc2cccc(F)c2)C1. The Labute approximate surface area is 183 Å². The van der Waals surface area contributed by atoms with E-state index in [2.05, 4.69) is 10.2 Å². The van der Waals surface area contributed by atoms with Crippen LogP contribution in [0, 0.1) is 11.7 Å². The summed E-state index contributed by atoms with van der Waals surface area (Å²) < 4.78 is 13.5. The first-order chi connectivity index (χ1) is 15.1. The van der Waals surface area contributed by atoms with E-state index in [1.807, 2.05) is 41.3 Å². The Bertz CT molecular complexity index is 905. The Morgan fingerprint density at radius 3 is 2.68 bits per heavy atom. The second-order valence-corrected chi connectivity index (χ2v) is 8.62. The van der Waals surface area contributed by atoms with Gasteiger partial charge in [-0.1, -0.05) is 42.5 Å². The van der Waals surface area contributed by atoms with Gasteiger partial charge >= 0.3 is 0 Å². The van der Waals surface area contributed by atoms with Gasteiger partial charge in [0.05, 0.1) is 12.0 Å². The molecule has 6 heteroatoms. The maximum absolute atomic E-state index is 13.5. The van der Waals surface area contributed by atoms with Crippen LogP contribution >= 0.6 is 0 Å². The third-order valence-electron chi connectivity index (χ3n) is 6.26. The zero-order valence-corrected chi connectivity index (χ0v) is 17.8. The van der Waals surface area contributed by atoms with Crippen molar-refractivity contribution >= 4 is 11.8 Å². The van der Waals surface area contributed by atoms with E-state index >= 15 is 0 Å². The van der Waals surface area contributed by atoms with Crippen LogP contribution in [0.5, 0.6) is 0 Å². The first-order valence-corrected chi connectivity index (χ1v) is 11.2. The van der Waals surface area contributed by atoms with Gasteiger partial charge in [0, 0.05) is 32.6 Å². The topological polar surface area (TPSA) is 52.7 Å². The van der Waals surface area contributed by atoms with E-state index in [-0.39, 0.29) is 29.6 Å². The van der Waals surface area contributed by atoms with E-state index in [1.54, 1.807) is 12.1 Å². The fraction of sp³-hybridized carbons (Fsp3) is 0.440. The predicted molar refractivity (Wildman–Crippen MR) is 118 cm³/mol. The number of nitrogens with one attached hydrogen (secondary N) is 1. The number of halogens is 1. The van der Waals surface area contributed by atoms with Crippen molar-refractivity contribution in [2.45, 2.75) is 38.3 Å². The molecule has 2 aliphatic rings. The lowest BCUT2D eigenvalue weighted by Crippen LogP contribution is -2.45. The maximum Gasteiger partial charge on any atom is 0.224 e. The van der Waals surface area contributed by atoms with Crippen molar-refractivity contribution in [2.24, 2.45) is 5.92 Å². The largest absolute Gasteiger partial charge is 0.347 e. The molecule has 0 radical (unpaired) electrons. The first-order valence-electron chi connectivity index (χ1n) is 11.2. The third kappa shape index (κ3) is 5.70. The number of amides is 2. The Kier molecular flexibility index (Phi) is 6.97. The molecule has 0 aromatic heterocycles. The van der Waals surface area contributed by atoms with E-state index in [0.717, 1.165) is 43.5 Å². The maximum atomic E-state index is 13.5. The van der Waals surface area contributed by atoms with Crippen molar-refractivity contribution in [1.82, 2.24) is 15.1 Å². The molecule has 164 valence electrons. The molecule has 2 aliphatic heterocycles. The van der Waals surface area contributed by atoms with Gasteiger partial charge < -0.3 is 10.2 Å². The molecule has 0 spiro atoms. The Hall–Kier alpha value is -2.73. The lowest BCUT2D eigenvalue weighted by atomic mass is 9.95. The summed E-state index contributed by atoms with van der Waals surface area (Å²) in [6.07, 6.45) is 3.25. The average molecular weight is 424 g/mol. The van der Waals surface area contributed by atoms with Crippen LogP contribution in [0.2, 0.25) is 0 Å². The third-order valence-corrected chi connectivity index (χ3v) is 6.26. The molecule has 31 heavy (non-hydrogen) atoms. The molecule has 5 nitrogen and oxygen atoms in total. The Morgan fingerprint density at radius 1 is 1.10 bits per heavy atom. The van der Waals surface area contributed by atoms with E-state index in [9.17, 15) is 14.0 Å². The van der Waals surface area contributed by atoms with Crippen LogP contribution in [0.25, 0.3) is 0 Å². The van der Waals surface area contributed by atoms with Crippen LogP contribution in [0.4, 0.5) is 4.39 Å². The molecule has 0 saturated carbocycles. The van der Waals surface area contributed by atoms with Crippen LogP contribution < -0.4 is 5.32 Å². The van der Waals surface area contributed by atoms with Crippen LogP contribution in [0.3, 0.4) is 0 Å². The molecule has 2 saturated heterocycles. The summed E-state index contributed by atoms with van der Waals surface area (Å²) in [5.74, 6) is -0.146. The van der Waals surface area contributed by atoms with Crippen molar-refractivity contribution in [3.8, 4) is 0 Å². The number of carbonyl (C=O) groups excluding carboxylic acids is 2. The van der Waals surface area contributed by atoms with E-state index in [4.69, 9.17) is 0 Å². The number of hydrogen-bond donors (Lipinski definition) is 1. The monoisotopic (exact) mass is 423 g/mol. The summed E-state index contributed by atoms with van der Waals surface area (Å²) >= 11 is 0. The second kappa shape index (κ2) is 10.1. The number of benzene rings is 2. The van der Waals surface area contributed by atoms with Gasteiger partial charge in [0.2, 0.25) is 11.8 Å². The van der Waals surface area contributed by atoms with Crippen LogP contribution in [-0.2, 0) is 16.1 Å². The minimum absolute atomic E-state index is 0.0319. The van der Waals surface area contributed by atoms with Crippen molar-refractivity contribution in [2.75, 3.05) is 26.2 Å². The van der Waals surface area contributed by atoms with Gasteiger partial charge in [-0.3, -0.25) is 14.5 Å². The van der Waals surface area contributed by atoms with Crippen molar-refractivity contribution < 1.29 is 14.0 Å². The summed E-state index contributed by atoms with van der Waals surface area (Å²) in [5, 5.41) is 3.22. The van der Waals surface area contributed by atoms with Gasteiger partial charge in [-0.05, 0) is 49.1 Å². The molecule has 2 amide bonds. The standard InChI is InChI=1S/C25H30FN3O2/c26-22-11-4-7-19(15-22)16-28-13-5-10-21(17-28)25(31)27-23(20-8-2-1-3-9-20)18-29-14-6-12-24(29)30/h1-4,7-9,11,15,21,23H,5-6,10,12-14,16-18H2,(H,27,31). The number of carbonyl (C=O) groups is 2. The van der Waals surface area contributed by atoms with Gasteiger partial charge in [0.25, 0.3) is 0 Å². The quantitative estimate of drug-likeness (QED) is 0.742. The lowest BCUT2D eigenvalue weighted by Gasteiger charge is -2.33. The lowest BCUT2D eigenvalue weighted by molar-refractivity contribution is -0.130. The average Bonchev–Trinajstić information content (AvgIpc) is 3.18. The molecule has 2 aromatic carbocycles. The molecule has 4 rings (SSSR count). The minimum atomic E-state index is -0.231. The van der Waals surface area contributed by atoms with Crippen molar-refractivity contribution in [1.29, 1.82) is 0 Å². The molecular formula is C25H30FN3O2. The number of hydrogen-bond acceptors (Lipinski definition) is 3. The molecule has 0 bridgehead atoms. The number of nitrogens with zero attached hydrogens (tertiary/aromatic N) is 2. The number of piperidine rings is 1. The smallest absolute Gasteiger partial charge is 0.224 e. The van der Waals surface area contributed by atoms with Crippen molar-refractivity contribution in [3.05, 3.63) is 71.5 Å². The summed E-state index contributed by atoms with van der Waals surface area (Å²) in [6, 6.07) is 16.3. The van der Waals surface area contributed by atoms with E-state index in [1.165, 1.54) is 6.07 Å². The molecule has 0 aliphatic carbocycles. The molecule has 2 unspecified atom stereocenters. The number of likely N-dealkylation sites (tertiary alicyclic amines) is 2. The van der Waals surface area contributed by atoms with Crippen LogP contribution in [0.1, 0.15) is 42.9 Å². The molecule has 1 N–H and O–H groups in total. The Balaban J connectivity index is 1.40. The fourth-order valence-electron chi connectivity index (χ4n) is 4.63. The highest BCUT2D eigenvalue weighted by Gasteiger charge is 2.30. The van der Waals surface area contributed by atoms with Gasteiger partial charge in [-0.25, -0.2) is 4.39 Å². The zero-order valence-electron chi connectivity index (χ0n) is 17.8. The summed E-state index contributed by atoms with van der Waals surface area (Å²) in [5.41, 5.74) is 1.94. The van der Waals surface area contributed by atoms with Crippen LogP contribution in [0.15, 0.2) is 54.6 Å². The molecule has 2 aromatic rings. The molecule has 2 atom stereocenters. The Morgan fingerprint density at radius 2 is 1.94 bits per heavy atom. The first kappa shape index (κ1) is 21.5. The summed E-state index contributed by atoms with van der Waals surface area (Å²) in [6.45, 7) is 3.47. The van der Waals surface area contributed by atoms with Gasteiger partial charge in [0.15, 0.2) is 0 Å². The molecular weight excluding hydrogens is 393 g/mol. The van der Waals surface area contributed by atoms with Crippen LogP contribution in [-0.4, -0.2) is 47.8 Å². The predicted octanol–water partition coefficient (Wildman–Crippen LogP) is 3.52. The zero-order chi connectivity index (χ0) is 21.6. The second-order valence-electron chi connectivity index (χ2n) is 8.62. The summed E-state index contributed by atoms with van der Waals surface area (Å²) in [7, 11) is 0. The fourth-order valence-corrected chi connectivity index (χ4v) is 4.63. The highest BCUT2D eigenvalue weighted by atomic mass is 19.1. The highest BCUT2D eigenvalue weighted by molar-refractivity contribution is 5.80. The normalized spacial score (nSPS) is 20.6. The van der Waals surface area contributed by atoms with Gasteiger partial charge in [-0.2, -0.15) is 0 Å². The minimum Gasteiger partial charge on any atom is -0.347 e. The van der Waals surface area contributed by atoms with Gasteiger partial charge in [-0.15, -0.1) is 0 Å². The van der Waals surface area contributed by atoms with E-state index in [0.29, 0.717) is 26.1 Å². The van der Waals surface area contributed by atoms with Gasteiger partial charge in [0.1, 0.15) is 5.82 Å². The van der Waals surface area contributed by atoms with Crippen molar-refractivity contribution in [3.63, 3.8) is 0 Å². The molecule has 2 heterocycles.